The number of rotatable bonds is 12. The van der Waals surface area contributed by atoms with Crippen molar-refractivity contribution >= 4 is 43.5 Å². The standard InChI is InChI=1S/C39H44BrN3O4S/c1-28-14-22-36(23-15-28)48(46,47)43(35-21-16-29(2)30(3)24-35)27-38(44)42(26-32-17-19-33(40)20-18-32)37(25-31-10-6-4-7-11-31)39(45)41-34-12-8-5-9-13-34/h4,6-7,10-11,14-24,34,37H,5,8-9,12-13,25-27H2,1-3H3,(H,41,45). The first-order chi connectivity index (χ1) is 23.0. The number of benzene rings is 4. The molecule has 4 aromatic carbocycles. The Morgan fingerprint density at radius 3 is 2.12 bits per heavy atom. The zero-order chi connectivity index (χ0) is 34.3. The third-order valence-electron chi connectivity index (χ3n) is 9.16. The molecule has 1 saturated carbocycles. The summed E-state index contributed by atoms with van der Waals surface area (Å²) in [6, 6.07) is 28.5. The van der Waals surface area contributed by atoms with Crippen LogP contribution >= 0.6 is 15.9 Å². The third-order valence-corrected chi connectivity index (χ3v) is 11.5. The Balaban J connectivity index is 1.57. The van der Waals surface area contributed by atoms with Gasteiger partial charge in [0.1, 0.15) is 12.6 Å². The van der Waals surface area contributed by atoms with E-state index >= 15 is 0 Å². The predicted molar refractivity (Wildman–Crippen MR) is 195 cm³/mol. The van der Waals surface area contributed by atoms with E-state index in [1.54, 1.807) is 41.3 Å². The van der Waals surface area contributed by atoms with Crippen molar-refractivity contribution in [1.29, 1.82) is 0 Å². The number of sulfonamides is 1. The molecule has 0 saturated heterocycles. The van der Waals surface area contributed by atoms with Crippen LogP contribution in [0.15, 0.2) is 106 Å². The summed E-state index contributed by atoms with van der Waals surface area (Å²) in [6.07, 6.45) is 5.35. The van der Waals surface area contributed by atoms with Gasteiger partial charge in [-0.2, -0.15) is 0 Å². The van der Waals surface area contributed by atoms with Crippen molar-refractivity contribution in [2.45, 2.75) is 82.8 Å². The smallest absolute Gasteiger partial charge is 0.264 e. The lowest BCUT2D eigenvalue weighted by molar-refractivity contribution is -0.140. The molecule has 1 N–H and O–H groups in total. The van der Waals surface area contributed by atoms with Crippen molar-refractivity contribution in [1.82, 2.24) is 10.2 Å². The van der Waals surface area contributed by atoms with Crippen LogP contribution in [0.1, 0.15) is 59.9 Å². The van der Waals surface area contributed by atoms with Crippen molar-refractivity contribution in [3.8, 4) is 0 Å². The van der Waals surface area contributed by atoms with Gasteiger partial charge in [-0.05, 0) is 92.3 Å². The Labute approximate surface area is 293 Å². The van der Waals surface area contributed by atoms with Crippen molar-refractivity contribution in [3.63, 3.8) is 0 Å². The first kappa shape index (κ1) is 35.4. The normalized spacial score (nSPS) is 14.2. The molecule has 4 aromatic rings. The zero-order valence-corrected chi connectivity index (χ0v) is 30.3. The molecular weight excluding hydrogens is 686 g/mol. The number of nitrogens with zero attached hydrogens (tertiary/aromatic N) is 2. The maximum atomic E-state index is 14.7. The number of hydrogen-bond acceptors (Lipinski definition) is 4. The van der Waals surface area contributed by atoms with E-state index in [4.69, 9.17) is 0 Å². The van der Waals surface area contributed by atoms with Gasteiger partial charge in [0.2, 0.25) is 11.8 Å². The largest absolute Gasteiger partial charge is 0.352 e. The van der Waals surface area contributed by atoms with Crippen LogP contribution < -0.4 is 9.62 Å². The number of amides is 2. The summed E-state index contributed by atoms with van der Waals surface area (Å²) in [5.74, 6) is -0.693. The highest BCUT2D eigenvalue weighted by molar-refractivity contribution is 9.10. The molecule has 0 radical (unpaired) electrons. The quantitative estimate of drug-likeness (QED) is 0.162. The summed E-state index contributed by atoms with van der Waals surface area (Å²) in [6.45, 7) is 5.43. The maximum Gasteiger partial charge on any atom is 0.264 e. The molecule has 7 nitrogen and oxygen atoms in total. The average Bonchev–Trinajstić information content (AvgIpc) is 3.08. The molecule has 252 valence electrons. The molecule has 5 rings (SSSR count). The summed E-state index contributed by atoms with van der Waals surface area (Å²) >= 11 is 3.49. The summed E-state index contributed by atoms with van der Waals surface area (Å²) in [5.41, 5.74) is 4.97. The fourth-order valence-corrected chi connectivity index (χ4v) is 7.80. The molecule has 1 aliphatic rings. The van der Waals surface area contributed by atoms with Crippen molar-refractivity contribution in [2.24, 2.45) is 0 Å². The summed E-state index contributed by atoms with van der Waals surface area (Å²) < 4.78 is 30.7. The van der Waals surface area contributed by atoms with Crippen LogP contribution in [0.2, 0.25) is 0 Å². The van der Waals surface area contributed by atoms with Gasteiger partial charge in [-0.15, -0.1) is 0 Å². The van der Waals surface area contributed by atoms with Crippen LogP contribution in [-0.2, 0) is 32.6 Å². The Bertz CT molecular complexity index is 1810. The minimum absolute atomic E-state index is 0.0445. The first-order valence-corrected chi connectivity index (χ1v) is 18.8. The Kier molecular flexibility index (Phi) is 11.8. The molecule has 2 amide bonds. The van der Waals surface area contributed by atoms with E-state index < -0.39 is 28.5 Å². The minimum Gasteiger partial charge on any atom is -0.352 e. The van der Waals surface area contributed by atoms with Gasteiger partial charge in [0.25, 0.3) is 10.0 Å². The molecule has 1 atom stereocenters. The van der Waals surface area contributed by atoms with E-state index in [2.05, 4.69) is 21.2 Å². The molecule has 1 fully saturated rings. The summed E-state index contributed by atoms with van der Waals surface area (Å²) in [5, 5.41) is 3.26. The zero-order valence-electron chi connectivity index (χ0n) is 27.9. The van der Waals surface area contributed by atoms with Gasteiger partial charge in [-0.3, -0.25) is 13.9 Å². The van der Waals surface area contributed by atoms with Crippen LogP contribution in [0.25, 0.3) is 0 Å². The maximum absolute atomic E-state index is 14.7. The van der Waals surface area contributed by atoms with E-state index in [9.17, 15) is 18.0 Å². The lowest BCUT2D eigenvalue weighted by atomic mass is 9.94. The number of carbonyl (C=O) groups is 2. The van der Waals surface area contributed by atoms with Gasteiger partial charge in [-0.25, -0.2) is 8.42 Å². The molecular formula is C39H44BrN3O4S. The van der Waals surface area contributed by atoms with E-state index in [0.717, 1.165) is 64.4 Å². The van der Waals surface area contributed by atoms with Crippen LogP contribution in [0.4, 0.5) is 5.69 Å². The molecule has 0 bridgehead atoms. The molecule has 9 heteroatoms. The lowest BCUT2D eigenvalue weighted by Gasteiger charge is -2.35. The average molecular weight is 731 g/mol. The monoisotopic (exact) mass is 729 g/mol. The minimum atomic E-state index is -4.16. The van der Waals surface area contributed by atoms with E-state index in [0.29, 0.717) is 5.69 Å². The topological polar surface area (TPSA) is 86.8 Å². The Morgan fingerprint density at radius 2 is 1.48 bits per heavy atom. The predicted octanol–water partition coefficient (Wildman–Crippen LogP) is 7.66. The van der Waals surface area contributed by atoms with Crippen molar-refractivity contribution < 1.29 is 18.0 Å². The molecule has 0 spiro atoms. The Hall–Kier alpha value is -3.95. The first-order valence-electron chi connectivity index (χ1n) is 16.6. The summed E-state index contributed by atoms with van der Waals surface area (Å²) in [7, 11) is -4.16. The highest BCUT2D eigenvalue weighted by Crippen LogP contribution is 2.28. The van der Waals surface area contributed by atoms with Crippen molar-refractivity contribution in [2.75, 3.05) is 10.8 Å². The summed E-state index contributed by atoms with van der Waals surface area (Å²) in [4.78, 5) is 30.6. The van der Waals surface area contributed by atoms with E-state index in [1.165, 1.54) is 4.31 Å². The number of anilines is 1. The fourth-order valence-electron chi connectivity index (χ4n) is 6.13. The second kappa shape index (κ2) is 16.0. The fraction of sp³-hybridized carbons (Fsp3) is 0.333. The number of hydrogen-bond donors (Lipinski definition) is 1. The molecule has 1 aliphatic carbocycles. The molecule has 0 aliphatic heterocycles. The van der Waals surface area contributed by atoms with Gasteiger partial charge in [0.15, 0.2) is 0 Å². The second-order valence-corrected chi connectivity index (χ2v) is 15.6. The van der Waals surface area contributed by atoms with Gasteiger partial charge < -0.3 is 10.2 Å². The van der Waals surface area contributed by atoms with Crippen LogP contribution in [-0.4, -0.2) is 43.8 Å². The highest BCUT2D eigenvalue weighted by Gasteiger charge is 2.35. The third kappa shape index (κ3) is 8.94. The lowest BCUT2D eigenvalue weighted by Crippen LogP contribution is -2.55. The highest BCUT2D eigenvalue weighted by atomic mass is 79.9. The number of nitrogens with one attached hydrogen (secondary N) is 1. The number of aryl methyl sites for hydroxylation is 3. The molecule has 48 heavy (non-hydrogen) atoms. The van der Waals surface area contributed by atoms with Gasteiger partial charge in [0.05, 0.1) is 10.6 Å². The van der Waals surface area contributed by atoms with Crippen molar-refractivity contribution in [3.05, 3.63) is 129 Å². The van der Waals surface area contributed by atoms with Crippen LogP contribution in [0.5, 0.6) is 0 Å². The van der Waals surface area contributed by atoms with E-state index in [1.807, 2.05) is 81.4 Å². The Morgan fingerprint density at radius 1 is 0.812 bits per heavy atom. The van der Waals surface area contributed by atoms with Gasteiger partial charge in [-0.1, -0.05) is 101 Å². The van der Waals surface area contributed by atoms with E-state index in [-0.39, 0.29) is 29.8 Å². The molecule has 0 heterocycles. The van der Waals surface area contributed by atoms with Gasteiger partial charge in [0, 0.05) is 23.5 Å². The molecule has 1 unspecified atom stereocenters. The van der Waals surface area contributed by atoms with Gasteiger partial charge >= 0.3 is 0 Å². The molecule has 0 aromatic heterocycles. The van der Waals surface area contributed by atoms with Crippen LogP contribution in [0, 0.1) is 20.8 Å². The number of carbonyl (C=O) groups excluding carboxylic acids is 2. The van der Waals surface area contributed by atoms with Crippen LogP contribution in [0.3, 0.4) is 0 Å². The number of halogens is 1. The SMILES string of the molecule is Cc1ccc(S(=O)(=O)N(CC(=O)N(Cc2ccc(Br)cc2)C(Cc2ccccc2)C(=O)NC2CCCCC2)c2ccc(C)c(C)c2)cc1. The second-order valence-electron chi connectivity index (χ2n) is 12.8.